The van der Waals surface area contributed by atoms with Gasteiger partial charge in [0.05, 0.1) is 16.0 Å². The molecule has 0 bridgehead atoms. The average Bonchev–Trinajstić information content (AvgIpc) is 3.44. The zero-order valence-electron chi connectivity index (χ0n) is 16.8. The zero-order chi connectivity index (χ0) is 22.1. The van der Waals surface area contributed by atoms with Gasteiger partial charge in [-0.1, -0.05) is 29.1 Å². The number of thioether (sulfide) groups is 1. The van der Waals surface area contributed by atoms with Crippen molar-refractivity contribution in [1.82, 2.24) is 20.0 Å². The summed E-state index contributed by atoms with van der Waals surface area (Å²) in [5, 5.41) is 4.03. The third-order valence-electron chi connectivity index (χ3n) is 5.23. The summed E-state index contributed by atoms with van der Waals surface area (Å²) in [7, 11) is 0. The fourth-order valence-electron chi connectivity index (χ4n) is 3.44. The van der Waals surface area contributed by atoms with Crippen LogP contribution in [-0.4, -0.2) is 44.9 Å². The van der Waals surface area contributed by atoms with E-state index in [-0.39, 0.29) is 31.8 Å². The van der Waals surface area contributed by atoms with E-state index in [1.54, 1.807) is 47.4 Å². The van der Waals surface area contributed by atoms with Crippen LogP contribution in [0.3, 0.4) is 0 Å². The number of hydrogen-bond donors (Lipinski definition) is 0. The number of aromatic nitrogens is 3. The van der Waals surface area contributed by atoms with Crippen LogP contribution < -0.4 is 0 Å². The number of rotatable bonds is 5. The average molecular weight is 473 g/mol. The smallest absolute Gasteiger partial charge is 0.257 e. The van der Waals surface area contributed by atoms with Gasteiger partial charge in [-0.05, 0) is 36.4 Å². The maximum Gasteiger partial charge on any atom is 0.257 e. The number of likely N-dealkylation sites (tertiary alicyclic amines) is 1. The first kappa shape index (κ1) is 21.0. The molecule has 3 heterocycles. The molecule has 32 heavy (non-hydrogen) atoms. The predicted molar refractivity (Wildman–Crippen MR) is 119 cm³/mol. The summed E-state index contributed by atoms with van der Waals surface area (Å²) in [6.07, 6.45) is -0.590. The summed E-state index contributed by atoms with van der Waals surface area (Å²) in [4.78, 5) is 23.1. The van der Waals surface area contributed by atoms with Gasteiger partial charge in [-0.3, -0.25) is 4.79 Å². The number of carbonyl (C=O) groups is 1. The molecule has 0 N–H and O–H groups in total. The molecule has 1 saturated heterocycles. The van der Waals surface area contributed by atoms with Gasteiger partial charge in [0, 0.05) is 37.1 Å². The van der Waals surface area contributed by atoms with Crippen molar-refractivity contribution in [2.45, 2.75) is 28.9 Å². The van der Waals surface area contributed by atoms with Gasteiger partial charge < -0.3 is 9.42 Å². The third kappa shape index (κ3) is 4.51. The minimum atomic E-state index is -2.68. The van der Waals surface area contributed by atoms with Crippen molar-refractivity contribution in [2.75, 3.05) is 13.1 Å². The molecular weight excluding hydrogens is 454 g/mol. The van der Waals surface area contributed by atoms with Crippen molar-refractivity contribution >= 4 is 39.2 Å². The molecular formula is C22H18F2N4O2S2. The highest BCUT2D eigenvalue weighted by Gasteiger charge is 2.35. The van der Waals surface area contributed by atoms with Crippen molar-refractivity contribution in [1.29, 1.82) is 0 Å². The normalized spacial score (nSPS) is 15.9. The first-order valence-corrected chi connectivity index (χ1v) is 11.9. The summed E-state index contributed by atoms with van der Waals surface area (Å²) < 4.78 is 34.1. The Balaban J connectivity index is 1.21. The van der Waals surface area contributed by atoms with Crippen LogP contribution in [0.4, 0.5) is 8.78 Å². The van der Waals surface area contributed by atoms with Crippen LogP contribution in [0.5, 0.6) is 0 Å². The lowest BCUT2D eigenvalue weighted by molar-refractivity contribution is -0.0494. The van der Waals surface area contributed by atoms with E-state index >= 15 is 0 Å². The highest BCUT2D eigenvalue weighted by Crippen LogP contribution is 2.31. The molecule has 1 aliphatic rings. The van der Waals surface area contributed by atoms with E-state index in [1.807, 2.05) is 24.3 Å². The first-order chi connectivity index (χ1) is 15.5. The molecule has 1 amide bonds. The third-order valence-corrected chi connectivity index (χ3v) is 7.40. The van der Waals surface area contributed by atoms with Crippen LogP contribution in [-0.2, 0) is 5.75 Å². The van der Waals surface area contributed by atoms with Crippen LogP contribution in [0.15, 0.2) is 57.4 Å². The standard InChI is InChI=1S/C22H18F2N4O2S2/c23-22(24)9-11-28(12-10-22)20(29)15-7-5-14(6-8-15)19-26-18(27-30-19)13-31-21-25-16-3-1-2-4-17(16)32-21/h1-8H,9-13H2. The number of para-hydroxylation sites is 1. The molecule has 0 radical (unpaired) electrons. The number of halogens is 2. The Bertz CT molecular complexity index is 1210. The Labute approximate surface area is 190 Å². The Morgan fingerprint density at radius 2 is 1.84 bits per heavy atom. The second-order valence-corrected chi connectivity index (χ2v) is 9.73. The molecule has 4 aromatic rings. The second kappa shape index (κ2) is 8.59. The molecule has 0 aliphatic carbocycles. The number of hydrogen-bond acceptors (Lipinski definition) is 7. The Morgan fingerprint density at radius 3 is 2.59 bits per heavy atom. The predicted octanol–water partition coefficient (Wildman–Crippen LogP) is 5.51. The van der Waals surface area contributed by atoms with Crippen LogP contribution in [0.25, 0.3) is 21.7 Å². The number of amides is 1. The van der Waals surface area contributed by atoms with E-state index in [0.717, 1.165) is 14.6 Å². The number of benzene rings is 2. The number of nitrogens with zero attached hydrogens (tertiary/aromatic N) is 4. The van der Waals surface area contributed by atoms with Gasteiger partial charge in [0.2, 0.25) is 0 Å². The quantitative estimate of drug-likeness (QED) is 0.357. The Hall–Kier alpha value is -2.85. The van der Waals surface area contributed by atoms with Crippen molar-refractivity contribution < 1.29 is 18.1 Å². The van der Waals surface area contributed by atoms with Gasteiger partial charge in [-0.25, -0.2) is 13.8 Å². The number of thiazole rings is 1. The summed E-state index contributed by atoms with van der Waals surface area (Å²) in [6, 6.07) is 14.7. The molecule has 0 saturated carbocycles. The lowest BCUT2D eigenvalue weighted by atomic mass is 10.0. The molecule has 0 atom stereocenters. The number of fused-ring (bicyclic) bond motifs is 1. The summed E-state index contributed by atoms with van der Waals surface area (Å²) in [5.74, 6) is -1.48. The maximum absolute atomic E-state index is 13.3. The van der Waals surface area contributed by atoms with E-state index in [0.29, 0.717) is 28.6 Å². The van der Waals surface area contributed by atoms with E-state index in [9.17, 15) is 13.6 Å². The zero-order valence-corrected chi connectivity index (χ0v) is 18.5. The molecule has 6 nitrogen and oxygen atoms in total. The minimum Gasteiger partial charge on any atom is -0.338 e. The minimum absolute atomic E-state index is 0.0624. The molecule has 0 spiro atoms. The number of carbonyl (C=O) groups excluding carboxylic acids is 1. The first-order valence-electron chi connectivity index (χ1n) is 10.1. The van der Waals surface area contributed by atoms with Crippen molar-refractivity contribution in [2.24, 2.45) is 0 Å². The van der Waals surface area contributed by atoms with Crippen molar-refractivity contribution in [3.63, 3.8) is 0 Å². The van der Waals surface area contributed by atoms with E-state index in [4.69, 9.17) is 4.52 Å². The van der Waals surface area contributed by atoms with E-state index in [2.05, 4.69) is 15.1 Å². The molecule has 2 aromatic carbocycles. The molecule has 1 fully saturated rings. The molecule has 2 aromatic heterocycles. The number of piperidine rings is 1. The SMILES string of the molecule is O=C(c1ccc(-c2nc(CSc3nc4ccccc4s3)no2)cc1)N1CCC(F)(F)CC1. The highest BCUT2D eigenvalue weighted by molar-refractivity contribution is 8.00. The van der Waals surface area contributed by atoms with Crippen LogP contribution in [0.2, 0.25) is 0 Å². The Kier molecular flexibility index (Phi) is 5.64. The fourth-order valence-corrected chi connectivity index (χ4v) is 5.36. The monoisotopic (exact) mass is 472 g/mol. The molecule has 164 valence electrons. The van der Waals surface area contributed by atoms with Gasteiger partial charge in [0.25, 0.3) is 17.7 Å². The van der Waals surface area contributed by atoms with Crippen molar-refractivity contribution in [3.8, 4) is 11.5 Å². The summed E-state index contributed by atoms with van der Waals surface area (Å²) in [6.45, 7) is 0.125. The van der Waals surface area contributed by atoms with Crippen LogP contribution >= 0.6 is 23.1 Å². The lowest BCUT2D eigenvalue weighted by Crippen LogP contribution is -2.42. The van der Waals surface area contributed by atoms with Gasteiger partial charge >= 0.3 is 0 Å². The number of alkyl halides is 2. The van der Waals surface area contributed by atoms with Gasteiger partial charge in [0.15, 0.2) is 10.2 Å². The summed E-state index contributed by atoms with van der Waals surface area (Å²) in [5.41, 5.74) is 2.11. The lowest BCUT2D eigenvalue weighted by Gasteiger charge is -2.31. The molecule has 0 unspecified atom stereocenters. The topological polar surface area (TPSA) is 72.1 Å². The van der Waals surface area contributed by atoms with E-state index in [1.165, 1.54) is 4.90 Å². The largest absolute Gasteiger partial charge is 0.338 e. The van der Waals surface area contributed by atoms with Gasteiger partial charge in [-0.2, -0.15) is 4.98 Å². The van der Waals surface area contributed by atoms with Crippen LogP contribution in [0, 0.1) is 0 Å². The highest BCUT2D eigenvalue weighted by atomic mass is 32.2. The second-order valence-electron chi connectivity index (χ2n) is 7.48. The molecule has 1 aliphatic heterocycles. The van der Waals surface area contributed by atoms with Gasteiger partial charge in [-0.15, -0.1) is 11.3 Å². The van der Waals surface area contributed by atoms with Crippen LogP contribution in [0.1, 0.15) is 29.0 Å². The molecule has 5 rings (SSSR count). The fraction of sp³-hybridized carbons (Fsp3) is 0.273. The van der Waals surface area contributed by atoms with E-state index < -0.39 is 5.92 Å². The summed E-state index contributed by atoms with van der Waals surface area (Å²) >= 11 is 3.17. The maximum atomic E-state index is 13.3. The molecule has 10 heteroatoms. The van der Waals surface area contributed by atoms with Gasteiger partial charge in [0.1, 0.15) is 0 Å². The Morgan fingerprint density at radius 1 is 1.09 bits per heavy atom. The van der Waals surface area contributed by atoms with Crippen molar-refractivity contribution in [3.05, 3.63) is 59.9 Å².